The van der Waals surface area contributed by atoms with Gasteiger partial charge in [0, 0.05) is 6.54 Å². The van der Waals surface area contributed by atoms with Crippen molar-refractivity contribution in [2.75, 3.05) is 13.2 Å². The van der Waals surface area contributed by atoms with Crippen LogP contribution in [-0.4, -0.2) is 36.2 Å². The van der Waals surface area contributed by atoms with Crippen LogP contribution in [0.5, 0.6) is 0 Å². The summed E-state index contributed by atoms with van der Waals surface area (Å²) < 4.78 is 5.02. The molecule has 5 nitrogen and oxygen atoms in total. The van der Waals surface area contributed by atoms with E-state index in [9.17, 15) is 9.59 Å². The van der Waals surface area contributed by atoms with E-state index in [1.54, 1.807) is 0 Å². The van der Waals surface area contributed by atoms with Crippen LogP contribution in [0.15, 0.2) is 0 Å². The van der Waals surface area contributed by atoms with Gasteiger partial charge < -0.3 is 15.2 Å². The van der Waals surface area contributed by atoms with Gasteiger partial charge in [-0.3, -0.25) is 9.59 Å². The summed E-state index contributed by atoms with van der Waals surface area (Å²) in [6, 6.07) is 0. The maximum Gasteiger partial charge on any atom is 0.309 e. The zero-order valence-electron chi connectivity index (χ0n) is 6.74. The molecule has 0 bridgehead atoms. The van der Waals surface area contributed by atoms with Crippen LogP contribution in [0.4, 0.5) is 0 Å². The van der Waals surface area contributed by atoms with Crippen LogP contribution in [-0.2, 0) is 14.3 Å². The number of carbonyl (C=O) groups is 2. The van der Waals surface area contributed by atoms with E-state index in [1.807, 2.05) is 0 Å². The van der Waals surface area contributed by atoms with Gasteiger partial charge in [0.05, 0.1) is 12.5 Å². The van der Waals surface area contributed by atoms with Gasteiger partial charge in [0.2, 0.25) is 5.91 Å². The molecule has 0 spiro atoms. The Kier molecular flexibility index (Phi) is 2.65. The quantitative estimate of drug-likeness (QED) is 0.574. The molecule has 0 aliphatic carbocycles. The molecule has 0 saturated carbocycles. The molecule has 2 unspecified atom stereocenters. The maximum absolute atomic E-state index is 11.0. The van der Waals surface area contributed by atoms with Crippen LogP contribution in [0.25, 0.3) is 0 Å². The Hall–Kier alpha value is -1.10. The van der Waals surface area contributed by atoms with Gasteiger partial charge in [0.1, 0.15) is 6.10 Å². The lowest BCUT2D eigenvalue weighted by atomic mass is 10.0. The Morgan fingerprint density at radius 3 is 3.00 bits per heavy atom. The number of amides is 1. The molecule has 0 radical (unpaired) electrons. The fourth-order valence-electron chi connectivity index (χ4n) is 1.04. The van der Waals surface area contributed by atoms with Crippen molar-refractivity contribution in [3.05, 3.63) is 0 Å². The molecule has 1 aliphatic rings. The summed E-state index contributed by atoms with van der Waals surface area (Å²) in [4.78, 5) is 21.5. The van der Waals surface area contributed by atoms with Gasteiger partial charge in [0.25, 0.3) is 0 Å². The molecule has 5 heteroatoms. The Balaban J connectivity index is 2.59. The van der Waals surface area contributed by atoms with Gasteiger partial charge in [0.15, 0.2) is 0 Å². The summed E-state index contributed by atoms with van der Waals surface area (Å²) in [5, 5.41) is 11.1. The molecule has 68 valence electrons. The number of nitrogens with one attached hydrogen (secondary N) is 1. The van der Waals surface area contributed by atoms with Crippen molar-refractivity contribution in [2.45, 2.75) is 13.0 Å². The van der Waals surface area contributed by atoms with Gasteiger partial charge in [-0.15, -0.1) is 0 Å². The van der Waals surface area contributed by atoms with E-state index >= 15 is 0 Å². The largest absolute Gasteiger partial charge is 0.481 e. The summed E-state index contributed by atoms with van der Waals surface area (Å²) >= 11 is 0. The molecule has 1 aliphatic heterocycles. The highest BCUT2D eigenvalue weighted by Gasteiger charge is 2.32. The predicted molar refractivity (Wildman–Crippen MR) is 39.5 cm³/mol. The van der Waals surface area contributed by atoms with Crippen LogP contribution < -0.4 is 5.32 Å². The molecule has 12 heavy (non-hydrogen) atoms. The second kappa shape index (κ2) is 3.53. The highest BCUT2D eigenvalue weighted by Crippen LogP contribution is 2.10. The summed E-state index contributed by atoms with van der Waals surface area (Å²) in [7, 11) is 0. The van der Waals surface area contributed by atoms with Gasteiger partial charge in [-0.05, 0) is 6.92 Å². The van der Waals surface area contributed by atoms with Crippen molar-refractivity contribution in [3.8, 4) is 0 Å². The number of hydrogen-bond donors (Lipinski definition) is 2. The van der Waals surface area contributed by atoms with E-state index in [-0.39, 0.29) is 5.91 Å². The Morgan fingerprint density at radius 2 is 2.50 bits per heavy atom. The molecule has 2 N–H and O–H groups in total. The number of morpholine rings is 1. The monoisotopic (exact) mass is 173 g/mol. The predicted octanol–water partition coefficient (Wildman–Crippen LogP) is -0.778. The molecule has 1 rings (SSSR count). The Morgan fingerprint density at radius 1 is 1.83 bits per heavy atom. The minimum Gasteiger partial charge on any atom is -0.481 e. The van der Waals surface area contributed by atoms with E-state index in [0.717, 1.165) is 0 Å². The first-order valence-corrected chi connectivity index (χ1v) is 3.75. The number of rotatable bonds is 2. The van der Waals surface area contributed by atoms with Crippen molar-refractivity contribution >= 4 is 11.9 Å². The van der Waals surface area contributed by atoms with Gasteiger partial charge in [-0.2, -0.15) is 0 Å². The van der Waals surface area contributed by atoms with E-state index in [0.29, 0.717) is 13.2 Å². The first kappa shape index (κ1) is 8.99. The number of carboxylic acids is 1. The summed E-state index contributed by atoms with van der Waals surface area (Å²) in [5.74, 6) is -2.14. The molecule has 1 saturated heterocycles. The van der Waals surface area contributed by atoms with Gasteiger partial charge in [-0.1, -0.05) is 0 Å². The molecule has 0 aromatic rings. The van der Waals surface area contributed by atoms with Crippen LogP contribution in [0.1, 0.15) is 6.92 Å². The first-order valence-electron chi connectivity index (χ1n) is 3.75. The SMILES string of the molecule is CC(C(=O)O)C1OCCNC1=O. The van der Waals surface area contributed by atoms with Crippen molar-refractivity contribution < 1.29 is 19.4 Å². The molecular formula is C7H11NO4. The van der Waals surface area contributed by atoms with Crippen molar-refractivity contribution in [1.82, 2.24) is 5.32 Å². The molecule has 0 aromatic carbocycles. The Labute approximate surface area is 69.7 Å². The van der Waals surface area contributed by atoms with Crippen molar-refractivity contribution in [1.29, 1.82) is 0 Å². The standard InChI is InChI=1S/C7H11NO4/c1-4(7(10)11)5-6(9)8-2-3-12-5/h4-5H,2-3H2,1H3,(H,8,9)(H,10,11). The maximum atomic E-state index is 11.0. The normalized spacial score (nSPS) is 26.1. The van der Waals surface area contributed by atoms with E-state index in [1.165, 1.54) is 6.92 Å². The smallest absolute Gasteiger partial charge is 0.309 e. The summed E-state index contributed by atoms with van der Waals surface area (Å²) in [6.45, 7) is 2.30. The molecular weight excluding hydrogens is 162 g/mol. The van der Waals surface area contributed by atoms with E-state index in [2.05, 4.69) is 5.32 Å². The number of aliphatic carboxylic acids is 1. The van der Waals surface area contributed by atoms with Crippen LogP contribution in [0, 0.1) is 5.92 Å². The van der Waals surface area contributed by atoms with Gasteiger partial charge >= 0.3 is 5.97 Å². The number of carbonyl (C=O) groups excluding carboxylic acids is 1. The fraction of sp³-hybridized carbons (Fsp3) is 0.714. The molecule has 1 amide bonds. The zero-order chi connectivity index (χ0) is 9.14. The second-order valence-corrected chi connectivity index (χ2v) is 2.71. The second-order valence-electron chi connectivity index (χ2n) is 2.71. The van der Waals surface area contributed by atoms with Crippen molar-refractivity contribution in [3.63, 3.8) is 0 Å². The van der Waals surface area contributed by atoms with Crippen molar-refractivity contribution in [2.24, 2.45) is 5.92 Å². The molecule has 1 fully saturated rings. The first-order chi connectivity index (χ1) is 5.63. The molecule has 0 aromatic heterocycles. The third kappa shape index (κ3) is 1.73. The number of carboxylic acid groups (broad SMARTS) is 1. The summed E-state index contributed by atoms with van der Waals surface area (Å²) in [6.07, 6.45) is -0.837. The van der Waals surface area contributed by atoms with E-state index in [4.69, 9.17) is 9.84 Å². The molecule has 2 atom stereocenters. The van der Waals surface area contributed by atoms with Crippen LogP contribution >= 0.6 is 0 Å². The minimum absolute atomic E-state index is 0.337. The topological polar surface area (TPSA) is 75.6 Å². The van der Waals surface area contributed by atoms with E-state index < -0.39 is 18.0 Å². The molecule has 1 heterocycles. The van der Waals surface area contributed by atoms with Crippen LogP contribution in [0.2, 0.25) is 0 Å². The third-order valence-electron chi connectivity index (χ3n) is 1.80. The van der Waals surface area contributed by atoms with Crippen LogP contribution in [0.3, 0.4) is 0 Å². The lowest BCUT2D eigenvalue weighted by molar-refractivity contribution is -0.156. The number of ether oxygens (including phenoxy) is 1. The lowest BCUT2D eigenvalue weighted by Gasteiger charge is -2.25. The Bertz CT molecular complexity index is 204. The lowest BCUT2D eigenvalue weighted by Crippen LogP contribution is -2.49. The fourth-order valence-corrected chi connectivity index (χ4v) is 1.04. The minimum atomic E-state index is -1.02. The highest BCUT2D eigenvalue weighted by molar-refractivity contribution is 5.86. The van der Waals surface area contributed by atoms with Gasteiger partial charge in [-0.25, -0.2) is 0 Å². The third-order valence-corrected chi connectivity index (χ3v) is 1.80. The average Bonchev–Trinajstić information content (AvgIpc) is 2.04. The highest BCUT2D eigenvalue weighted by atomic mass is 16.5. The number of hydrogen-bond acceptors (Lipinski definition) is 3. The zero-order valence-corrected chi connectivity index (χ0v) is 6.74. The average molecular weight is 173 g/mol. The summed E-state index contributed by atoms with van der Waals surface area (Å²) in [5.41, 5.74) is 0.